The number of aliphatic hydroxyl groups excluding tert-OH is 1. The Morgan fingerprint density at radius 3 is 2.80 bits per heavy atom. The number of carbonyl (C=O) groups excluding carboxylic acids is 1. The van der Waals surface area contributed by atoms with E-state index in [0.29, 0.717) is 57.4 Å². The highest BCUT2D eigenvalue weighted by Gasteiger charge is 2.38. The normalized spacial score (nSPS) is 30.9. The fourth-order valence-electron chi connectivity index (χ4n) is 4.63. The number of carbonyl (C=O) groups is 1. The quantitative estimate of drug-likeness (QED) is 0.771. The van der Waals surface area contributed by atoms with Crippen molar-refractivity contribution < 1.29 is 24.1 Å². The summed E-state index contributed by atoms with van der Waals surface area (Å²) in [5.74, 6) is 0.139. The number of rotatable bonds is 4. The highest BCUT2D eigenvalue weighted by molar-refractivity contribution is 6.30. The van der Waals surface area contributed by atoms with Crippen LogP contribution in [-0.2, 0) is 25.5 Å². The number of hydrogen-bond acceptors (Lipinski definition) is 6. The molecule has 0 bridgehead atoms. The summed E-state index contributed by atoms with van der Waals surface area (Å²) in [4.78, 5) is 16.8. The minimum atomic E-state index is -0.536. The maximum atomic E-state index is 12.6. The minimum absolute atomic E-state index is 0.0948. The summed E-state index contributed by atoms with van der Waals surface area (Å²) in [6.07, 6.45) is 1.38. The number of benzene rings is 1. The van der Waals surface area contributed by atoms with E-state index >= 15 is 0 Å². The maximum Gasteiger partial charge on any atom is 0.225 e. The van der Waals surface area contributed by atoms with Crippen molar-refractivity contribution >= 4 is 17.5 Å². The Labute approximate surface area is 182 Å². The van der Waals surface area contributed by atoms with Gasteiger partial charge in [0.1, 0.15) is 0 Å². The Morgan fingerprint density at radius 1 is 1.17 bits per heavy atom. The van der Waals surface area contributed by atoms with Gasteiger partial charge in [0.2, 0.25) is 5.91 Å². The predicted molar refractivity (Wildman–Crippen MR) is 112 cm³/mol. The largest absolute Gasteiger partial charge is 0.389 e. The molecule has 0 unspecified atom stereocenters. The number of nitrogens with zero attached hydrogens (tertiary/aromatic N) is 2. The first-order valence-electron chi connectivity index (χ1n) is 10.8. The van der Waals surface area contributed by atoms with Crippen LogP contribution in [0, 0.1) is 0 Å². The number of hydrogen-bond donors (Lipinski definition) is 1. The first kappa shape index (κ1) is 22.0. The smallest absolute Gasteiger partial charge is 0.225 e. The average molecular weight is 439 g/mol. The molecule has 30 heavy (non-hydrogen) atoms. The molecule has 3 aliphatic rings. The van der Waals surface area contributed by atoms with Crippen LogP contribution >= 0.6 is 11.6 Å². The van der Waals surface area contributed by atoms with Crippen LogP contribution in [0.5, 0.6) is 0 Å². The van der Waals surface area contributed by atoms with Gasteiger partial charge in [-0.3, -0.25) is 9.69 Å². The summed E-state index contributed by atoms with van der Waals surface area (Å²) in [6, 6.07) is 7.96. The number of amides is 1. The molecule has 1 aromatic carbocycles. The SMILES string of the molecule is O=C(C[C@H]1CC[C@H]2[C@@H](COC[C@@H](O)CN2Cc2cccc(Cl)c2)O1)N1CCOCC1. The standard InChI is InChI=1S/C22H31ClN2O5/c23-17-3-1-2-16(10-17)12-25-13-18(26)14-29-15-21-20(25)5-4-19(30-21)11-22(27)24-6-8-28-9-7-24/h1-3,10,18-21,26H,4-9,11-15H2/t18-,19+,20-,21+/m0/s1. The molecule has 3 heterocycles. The van der Waals surface area contributed by atoms with Crippen LogP contribution in [0.3, 0.4) is 0 Å². The fraction of sp³-hybridized carbons (Fsp3) is 0.682. The third kappa shape index (κ3) is 5.72. The van der Waals surface area contributed by atoms with E-state index in [1.54, 1.807) is 0 Å². The molecule has 3 saturated heterocycles. The van der Waals surface area contributed by atoms with Crippen molar-refractivity contribution in [3.05, 3.63) is 34.9 Å². The average Bonchev–Trinajstić information content (AvgIpc) is 2.73. The van der Waals surface area contributed by atoms with Gasteiger partial charge in [-0.05, 0) is 30.5 Å². The molecule has 0 aliphatic carbocycles. The van der Waals surface area contributed by atoms with Gasteiger partial charge in [-0.1, -0.05) is 23.7 Å². The molecule has 7 nitrogen and oxygen atoms in total. The predicted octanol–water partition coefficient (Wildman–Crippen LogP) is 1.70. The van der Waals surface area contributed by atoms with Crippen LogP contribution in [0.15, 0.2) is 24.3 Å². The van der Waals surface area contributed by atoms with Gasteiger partial charge in [-0.2, -0.15) is 0 Å². The number of ether oxygens (including phenoxy) is 3. The molecule has 3 aliphatic heterocycles. The van der Waals surface area contributed by atoms with Crippen molar-refractivity contribution in [3.8, 4) is 0 Å². The Morgan fingerprint density at radius 2 is 2.00 bits per heavy atom. The molecule has 0 radical (unpaired) electrons. The lowest BCUT2D eigenvalue weighted by Crippen LogP contribution is -2.55. The van der Waals surface area contributed by atoms with E-state index in [1.807, 2.05) is 23.1 Å². The lowest BCUT2D eigenvalue weighted by atomic mass is 9.94. The van der Waals surface area contributed by atoms with Crippen molar-refractivity contribution in [2.45, 2.75) is 50.2 Å². The number of morpholine rings is 1. The van der Waals surface area contributed by atoms with Gasteiger partial charge in [0.05, 0.1) is 51.2 Å². The molecule has 1 amide bonds. The van der Waals surface area contributed by atoms with Crippen LogP contribution in [0.1, 0.15) is 24.8 Å². The third-order valence-corrected chi connectivity index (χ3v) is 6.36. The highest BCUT2D eigenvalue weighted by Crippen LogP contribution is 2.29. The zero-order valence-corrected chi connectivity index (χ0v) is 18.0. The van der Waals surface area contributed by atoms with Crippen molar-refractivity contribution in [2.75, 3.05) is 46.1 Å². The topological polar surface area (TPSA) is 71.5 Å². The molecule has 8 heteroatoms. The monoisotopic (exact) mass is 438 g/mol. The molecule has 1 aromatic rings. The second kappa shape index (κ2) is 10.4. The van der Waals surface area contributed by atoms with Crippen LogP contribution in [-0.4, -0.2) is 91.2 Å². The van der Waals surface area contributed by atoms with E-state index in [9.17, 15) is 9.90 Å². The molecule has 166 valence electrons. The van der Waals surface area contributed by atoms with E-state index in [-0.39, 0.29) is 30.8 Å². The molecular formula is C22H31ClN2O5. The van der Waals surface area contributed by atoms with Crippen LogP contribution in [0.2, 0.25) is 5.02 Å². The van der Waals surface area contributed by atoms with Crippen molar-refractivity contribution in [2.24, 2.45) is 0 Å². The summed E-state index contributed by atoms with van der Waals surface area (Å²) in [6.45, 7) is 4.46. The molecule has 4 rings (SSSR count). The Balaban J connectivity index is 1.40. The lowest BCUT2D eigenvalue weighted by Gasteiger charge is -2.44. The van der Waals surface area contributed by atoms with Gasteiger partial charge < -0.3 is 24.2 Å². The summed E-state index contributed by atoms with van der Waals surface area (Å²) in [5, 5.41) is 11.0. The Bertz CT molecular complexity index is 715. The fourth-order valence-corrected chi connectivity index (χ4v) is 4.85. The van der Waals surface area contributed by atoms with Gasteiger partial charge in [-0.15, -0.1) is 0 Å². The van der Waals surface area contributed by atoms with Crippen LogP contribution in [0.25, 0.3) is 0 Å². The molecule has 0 saturated carbocycles. The summed E-state index contributed by atoms with van der Waals surface area (Å²) in [7, 11) is 0. The van der Waals surface area contributed by atoms with E-state index in [2.05, 4.69) is 11.0 Å². The zero-order chi connectivity index (χ0) is 20.9. The lowest BCUT2D eigenvalue weighted by molar-refractivity contribution is -0.162. The van der Waals surface area contributed by atoms with Gasteiger partial charge in [0.25, 0.3) is 0 Å². The molecule has 3 fully saturated rings. The molecular weight excluding hydrogens is 408 g/mol. The van der Waals surface area contributed by atoms with E-state index in [4.69, 9.17) is 25.8 Å². The van der Waals surface area contributed by atoms with Crippen LogP contribution in [0.4, 0.5) is 0 Å². The second-order valence-corrected chi connectivity index (χ2v) is 8.83. The van der Waals surface area contributed by atoms with Crippen molar-refractivity contribution in [3.63, 3.8) is 0 Å². The van der Waals surface area contributed by atoms with Gasteiger partial charge in [0, 0.05) is 37.2 Å². The zero-order valence-electron chi connectivity index (χ0n) is 17.2. The van der Waals surface area contributed by atoms with Gasteiger partial charge in [-0.25, -0.2) is 0 Å². The van der Waals surface area contributed by atoms with Gasteiger partial charge in [0.15, 0.2) is 0 Å². The van der Waals surface area contributed by atoms with Gasteiger partial charge >= 0.3 is 0 Å². The first-order valence-corrected chi connectivity index (χ1v) is 11.2. The third-order valence-electron chi connectivity index (χ3n) is 6.13. The number of halogens is 1. The Kier molecular flexibility index (Phi) is 7.62. The van der Waals surface area contributed by atoms with E-state index in [1.165, 1.54) is 0 Å². The Hall–Kier alpha value is -1.22. The number of fused-ring (bicyclic) bond motifs is 1. The highest BCUT2D eigenvalue weighted by atomic mass is 35.5. The second-order valence-electron chi connectivity index (χ2n) is 8.39. The van der Waals surface area contributed by atoms with Crippen molar-refractivity contribution in [1.29, 1.82) is 0 Å². The first-order chi connectivity index (χ1) is 14.6. The molecule has 0 aromatic heterocycles. The summed E-state index contributed by atoms with van der Waals surface area (Å²) >= 11 is 6.16. The van der Waals surface area contributed by atoms with E-state index in [0.717, 1.165) is 18.4 Å². The molecule has 0 spiro atoms. The molecule has 1 N–H and O–H groups in total. The minimum Gasteiger partial charge on any atom is -0.389 e. The summed E-state index contributed by atoms with van der Waals surface area (Å²) < 4.78 is 17.4. The number of aliphatic hydroxyl groups is 1. The van der Waals surface area contributed by atoms with Crippen LogP contribution < -0.4 is 0 Å². The number of β-amino-alcohol motifs (C(OH)–C–C–N with tert-alkyl or cyclic N) is 1. The van der Waals surface area contributed by atoms with Crippen molar-refractivity contribution in [1.82, 2.24) is 9.80 Å². The van der Waals surface area contributed by atoms with E-state index < -0.39 is 6.10 Å². The molecule has 4 atom stereocenters. The maximum absolute atomic E-state index is 12.6. The summed E-state index contributed by atoms with van der Waals surface area (Å²) in [5.41, 5.74) is 1.11.